The summed E-state index contributed by atoms with van der Waals surface area (Å²) in [6.07, 6.45) is 4.14. The van der Waals surface area contributed by atoms with Crippen LogP contribution in [0.1, 0.15) is 133 Å². The van der Waals surface area contributed by atoms with Crippen molar-refractivity contribution in [3.63, 3.8) is 0 Å². The van der Waals surface area contributed by atoms with E-state index in [4.69, 9.17) is 10.1 Å². The number of unbranched alkanes of at least 4 members (excludes halogenated alkanes) is 4. The highest BCUT2D eigenvalue weighted by Crippen LogP contribution is 2.35. The lowest BCUT2D eigenvalue weighted by atomic mass is 9.85. The normalized spacial score (nSPS) is 16.2. The van der Waals surface area contributed by atoms with Crippen molar-refractivity contribution in [3.05, 3.63) is 129 Å². The molecule has 0 saturated carbocycles. The molecule has 0 bridgehead atoms. The van der Waals surface area contributed by atoms with Crippen molar-refractivity contribution in [2.75, 3.05) is 23.3 Å². The Labute approximate surface area is 462 Å². The zero-order chi connectivity index (χ0) is 55.4. The van der Waals surface area contributed by atoms with Gasteiger partial charge in [0.05, 0.1) is 44.1 Å². The van der Waals surface area contributed by atoms with E-state index in [0.29, 0.717) is 60.2 Å². The third kappa shape index (κ3) is 12.3. The number of aliphatic hydroxyl groups is 1. The molecule has 4 aromatic heterocycles. The van der Waals surface area contributed by atoms with Crippen LogP contribution in [0.15, 0.2) is 84.4 Å². The topological polar surface area (TPSA) is 225 Å². The van der Waals surface area contributed by atoms with Crippen LogP contribution in [0.2, 0.25) is 0 Å². The smallest absolute Gasteiger partial charge is 0.355 e. The molecule has 3 aromatic carbocycles. The van der Waals surface area contributed by atoms with Gasteiger partial charge < -0.3 is 30.6 Å². The van der Waals surface area contributed by atoms with Gasteiger partial charge in [-0.1, -0.05) is 99.9 Å². The van der Waals surface area contributed by atoms with Gasteiger partial charge in [0, 0.05) is 61.4 Å². The fourth-order valence-corrected chi connectivity index (χ4v) is 12.4. The van der Waals surface area contributed by atoms with Crippen molar-refractivity contribution in [1.82, 2.24) is 40.3 Å². The number of amides is 4. The maximum Gasteiger partial charge on any atom is 0.355 e. The Morgan fingerprint density at radius 2 is 1.62 bits per heavy atom. The lowest BCUT2D eigenvalue weighted by Crippen LogP contribution is -2.57. The lowest BCUT2D eigenvalue weighted by molar-refractivity contribution is -0.144. The van der Waals surface area contributed by atoms with Crippen molar-refractivity contribution < 1.29 is 34.2 Å². The summed E-state index contributed by atoms with van der Waals surface area (Å²) in [5.41, 5.74) is 10.1. The molecule has 78 heavy (non-hydrogen) atoms. The number of hydrogen-bond donors (Lipinski definition) is 5. The van der Waals surface area contributed by atoms with Gasteiger partial charge in [-0.3, -0.25) is 29.2 Å². The Morgan fingerprint density at radius 3 is 2.35 bits per heavy atom. The van der Waals surface area contributed by atoms with Crippen molar-refractivity contribution >= 4 is 73.4 Å². The quantitative estimate of drug-likeness (QED) is 0.0477. The van der Waals surface area contributed by atoms with Crippen LogP contribution in [-0.2, 0) is 33.9 Å². The molecule has 1 fully saturated rings. The van der Waals surface area contributed by atoms with Crippen LogP contribution in [0.25, 0.3) is 31.8 Å². The number of carboxylic acid groups (broad SMARTS) is 1. The summed E-state index contributed by atoms with van der Waals surface area (Å²) < 4.78 is 2.90. The summed E-state index contributed by atoms with van der Waals surface area (Å²) in [5, 5.41) is 35.6. The van der Waals surface area contributed by atoms with Gasteiger partial charge in [0.25, 0.3) is 5.91 Å². The standard InChI is InChI=1S/C59H68N10O7S2/c1-34(38-21-23-40(24-22-38)52-36(3)60-33-77-52)61-55(73)46-30-41(70)31-68(46)56(74)53(59(5,6)7)64-49(71)20-11-9-8-10-14-28-69-37(4)50(35(2)66-69)43-25-26-48(63-51(43)57(75)76)67-29-27-39-16-15-17-42(44(39)32-67)54(72)65-58-62-45-18-12-13-19-47(45)78-58/h12-13,15-19,21-26,33-34,41,46,53,70H,8-11,14,20,27-32H2,1-7H3,(H,61,73)(H,64,71)(H,75,76)(H,62,65,72). The molecular formula is C59H68N10O7S2. The number of β-amino-alcohol motifs (C(OH)–C–C–N with tert-alkyl or cyclic N) is 1. The first-order chi connectivity index (χ1) is 37.3. The van der Waals surface area contributed by atoms with Crippen LogP contribution in [-0.4, -0.2) is 101 Å². The van der Waals surface area contributed by atoms with Gasteiger partial charge in [-0.2, -0.15) is 5.10 Å². The summed E-state index contributed by atoms with van der Waals surface area (Å²) in [5.74, 6) is -1.88. The number of thiazole rings is 2. The minimum absolute atomic E-state index is 0.00224. The number of aromatic nitrogens is 5. The van der Waals surface area contributed by atoms with E-state index in [9.17, 15) is 34.2 Å². The van der Waals surface area contributed by atoms with Gasteiger partial charge in [0.1, 0.15) is 17.9 Å². The molecular weight excluding hydrogens is 1020 g/mol. The lowest BCUT2D eigenvalue weighted by Gasteiger charge is -2.35. The maximum absolute atomic E-state index is 14.2. The first kappa shape index (κ1) is 55.4. The number of aromatic carboxylic acids is 1. The van der Waals surface area contributed by atoms with Gasteiger partial charge in [0.2, 0.25) is 17.7 Å². The predicted octanol–water partition coefficient (Wildman–Crippen LogP) is 9.83. The fourth-order valence-electron chi connectivity index (χ4n) is 10.7. The van der Waals surface area contributed by atoms with E-state index in [2.05, 4.69) is 25.9 Å². The van der Waals surface area contributed by atoms with Crippen LogP contribution < -0.4 is 20.9 Å². The second-order valence-corrected chi connectivity index (χ2v) is 23.5. The Hall–Kier alpha value is -7.35. The van der Waals surface area contributed by atoms with Crippen LogP contribution in [0.4, 0.5) is 10.9 Å². The SMILES string of the molecule is Cc1ncsc1-c1ccc(C(C)NC(=O)C2CC(O)CN2C(=O)C(NC(=O)CCCCCCCn2nc(C)c(-c3ccc(N4CCc5cccc(C(=O)Nc6nc7ccccc7s6)c5C4)nc3C(=O)O)c2C)C(C)(C)C)cc1. The summed E-state index contributed by atoms with van der Waals surface area (Å²) in [6.45, 7) is 14.9. The monoisotopic (exact) mass is 1090 g/mol. The zero-order valence-corrected chi connectivity index (χ0v) is 46.9. The minimum atomic E-state index is -1.15. The molecule has 7 aromatic rings. The van der Waals surface area contributed by atoms with Gasteiger partial charge >= 0.3 is 5.97 Å². The molecule has 2 aliphatic heterocycles. The predicted molar refractivity (Wildman–Crippen MR) is 305 cm³/mol. The van der Waals surface area contributed by atoms with E-state index in [0.717, 1.165) is 80.0 Å². The van der Waals surface area contributed by atoms with E-state index >= 15 is 0 Å². The molecule has 2 aliphatic rings. The Balaban J connectivity index is 0.749. The van der Waals surface area contributed by atoms with Gasteiger partial charge in [-0.25, -0.2) is 19.7 Å². The number of aryl methyl sites for hydroxylation is 3. The fraction of sp³-hybridized carbons (Fsp3) is 0.407. The Morgan fingerprint density at radius 1 is 0.859 bits per heavy atom. The molecule has 0 radical (unpaired) electrons. The summed E-state index contributed by atoms with van der Waals surface area (Å²) in [4.78, 5) is 86.1. The number of carboxylic acids is 1. The average molecular weight is 1090 g/mol. The molecule has 5 N–H and O–H groups in total. The third-order valence-electron chi connectivity index (χ3n) is 14.9. The van der Waals surface area contributed by atoms with E-state index in [-0.39, 0.29) is 48.8 Å². The molecule has 4 unspecified atom stereocenters. The number of rotatable bonds is 19. The van der Waals surface area contributed by atoms with E-state index in [1.807, 2.05) is 142 Å². The largest absolute Gasteiger partial charge is 0.476 e. The number of pyridine rings is 1. The molecule has 4 amide bonds. The van der Waals surface area contributed by atoms with Crippen molar-refractivity contribution in [2.45, 2.75) is 137 Å². The molecule has 6 heterocycles. The maximum atomic E-state index is 14.2. The molecule has 0 spiro atoms. The van der Waals surface area contributed by atoms with Gasteiger partial charge in [-0.05, 0) is 105 Å². The number of benzene rings is 3. The molecule has 408 valence electrons. The highest BCUT2D eigenvalue weighted by molar-refractivity contribution is 7.22. The van der Waals surface area contributed by atoms with Crippen molar-refractivity contribution in [2.24, 2.45) is 5.41 Å². The second kappa shape index (κ2) is 23.7. The molecule has 1 saturated heterocycles. The van der Waals surface area contributed by atoms with E-state index < -0.39 is 35.5 Å². The number of carbonyl (C=O) groups is 5. The number of likely N-dealkylation sites (tertiary alicyclic amines) is 1. The molecule has 17 nitrogen and oxygen atoms in total. The Bertz CT molecular complexity index is 3330. The number of para-hydroxylation sites is 1. The summed E-state index contributed by atoms with van der Waals surface area (Å²) in [6, 6.07) is 22.9. The number of fused-ring (bicyclic) bond motifs is 2. The minimum Gasteiger partial charge on any atom is -0.476 e. The van der Waals surface area contributed by atoms with Crippen molar-refractivity contribution in [1.29, 1.82) is 0 Å². The third-order valence-corrected chi connectivity index (χ3v) is 16.9. The first-order valence-corrected chi connectivity index (χ1v) is 28.4. The molecule has 19 heteroatoms. The van der Waals surface area contributed by atoms with Crippen LogP contribution in [0.3, 0.4) is 0 Å². The summed E-state index contributed by atoms with van der Waals surface area (Å²) in [7, 11) is 0. The van der Waals surface area contributed by atoms with Crippen LogP contribution in [0, 0.1) is 26.2 Å². The Kier molecular flexibility index (Phi) is 16.8. The number of carbonyl (C=O) groups excluding carboxylic acids is 4. The highest BCUT2D eigenvalue weighted by atomic mass is 32.1. The van der Waals surface area contributed by atoms with Crippen LogP contribution >= 0.6 is 22.7 Å². The zero-order valence-electron chi connectivity index (χ0n) is 45.3. The number of nitrogens with one attached hydrogen (secondary N) is 3. The summed E-state index contributed by atoms with van der Waals surface area (Å²) >= 11 is 2.99. The van der Waals surface area contributed by atoms with Gasteiger partial charge in [-0.15, -0.1) is 11.3 Å². The number of nitrogens with zero attached hydrogens (tertiary/aromatic N) is 7. The van der Waals surface area contributed by atoms with E-state index in [1.54, 1.807) is 11.3 Å². The second-order valence-electron chi connectivity index (χ2n) is 21.6. The molecule has 9 rings (SSSR count). The van der Waals surface area contributed by atoms with E-state index in [1.165, 1.54) is 16.2 Å². The number of aliphatic hydroxyl groups excluding tert-OH is 1. The first-order valence-electron chi connectivity index (χ1n) is 26.7. The average Bonchev–Trinajstić information content (AvgIpc) is 4.29. The molecule has 4 atom stereocenters. The van der Waals surface area contributed by atoms with Gasteiger partial charge in [0.15, 0.2) is 10.8 Å². The number of anilines is 2. The highest BCUT2D eigenvalue weighted by Gasteiger charge is 2.45. The van der Waals surface area contributed by atoms with Crippen LogP contribution in [0.5, 0.6) is 0 Å². The molecule has 0 aliphatic carbocycles. The van der Waals surface area contributed by atoms with Crippen molar-refractivity contribution in [3.8, 4) is 21.6 Å². The number of hydrogen-bond acceptors (Lipinski definition) is 13.